The van der Waals surface area contributed by atoms with E-state index in [0.29, 0.717) is 6.42 Å². The van der Waals surface area contributed by atoms with Crippen LogP contribution in [0.5, 0.6) is 0 Å². The second-order valence-electron chi connectivity index (χ2n) is 3.90. The number of halogens is 1. The molecule has 0 saturated carbocycles. The van der Waals surface area contributed by atoms with Crippen LogP contribution in [0.4, 0.5) is 0 Å². The maximum atomic E-state index is 11.0. The molecule has 0 aromatic carbocycles. The predicted octanol–water partition coefficient (Wildman–Crippen LogP) is 3.20. The summed E-state index contributed by atoms with van der Waals surface area (Å²) < 4.78 is 0. The van der Waals surface area contributed by atoms with Crippen LogP contribution in [0.2, 0.25) is 0 Å². The standard InChI is InChI=1S/C11H13ClO/c12-10-3-1-2-6-11(10)7-4-9(13)5-8-11/h3-4,7H,1-2,5-6,8H2. The normalized spacial score (nSPS) is 33.6. The summed E-state index contributed by atoms with van der Waals surface area (Å²) in [6, 6.07) is 0. The molecule has 0 saturated heterocycles. The van der Waals surface area contributed by atoms with Gasteiger partial charge in [-0.3, -0.25) is 4.79 Å². The summed E-state index contributed by atoms with van der Waals surface area (Å²) in [4.78, 5) is 11.0. The summed E-state index contributed by atoms with van der Waals surface area (Å²) in [5, 5.41) is 0.947. The first-order valence-electron chi connectivity index (χ1n) is 4.81. The van der Waals surface area contributed by atoms with Gasteiger partial charge in [0.05, 0.1) is 0 Å². The highest BCUT2D eigenvalue weighted by Gasteiger charge is 2.34. The van der Waals surface area contributed by atoms with Crippen LogP contribution in [0.3, 0.4) is 0 Å². The van der Waals surface area contributed by atoms with Crippen molar-refractivity contribution < 1.29 is 4.79 Å². The number of rotatable bonds is 0. The van der Waals surface area contributed by atoms with Crippen molar-refractivity contribution in [3.05, 3.63) is 23.3 Å². The van der Waals surface area contributed by atoms with E-state index in [1.165, 1.54) is 6.42 Å². The fraction of sp³-hybridized carbons (Fsp3) is 0.545. The van der Waals surface area contributed by atoms with Gasteiger partial charge in [0.1, 0.15) is 0 Å². The predicted molar refractivity (Wildman–Crippen MR) is 53.6 cm³/mol. The first kappa shape index (κ1) is 9.01. The summed E-state index contributed by atoms with van der Waals surface area (Å²) in [6.07, 6.45) is 10.7. The Morgan fingerprint density at radius 1 is 1.38 bits per heavy atom. The third-order valence-electron chi connectivity index (χ3n) is 3.03. The number of allylic oxidation sites excluding steroid dienone is 4. The second-order valence-corrected chi connectivity index (χ2v) is 4.31. The molecule has 2 rings (SSSR count). The minimum Gasteiger partial charge on any atom is -0.295 e. The molecule has 1 unspecified atom stereocenters. The third kappa shape index (κ3) is 1.58. The van der Waals surface area contributed by atoms with Gasteiger partial charge >= 0.3 is 0 Å². The molecule has 0 radical (unpaired) electrons. The number of carbonyl (C=O) groups is 1. The molecule has 0 N–H and O–H groups in total. The average Bonchev–Trinajstić information content (AvgIpc) is 2.15. The molecular weight excluding hydrogens is 184 g/mol. The lowest BCUT2D eigenvalue weighted by atomic mass is 9.72. The zero-order chi connectivity index (χ0) is 9.31. The van der Waals surface area contributed by atoms with Gasteiger partial charge in [0.25, 0.3) is 0 Å². The summed E-state index contributed by atoms with van der Waals surface area (Å²) in [5.41, 5.74) is 0.0215. The van der Waals surface area contributed by atoms with E-state index >= 15 is 0 Å². The molecule has 0 aromatic rings. The zero-order valence-corrected chi connectivity index (χ0v) is 8.31. The number of hydrogen-bond donors (Lipinski definition) is 0. The molecule has 2 aliphatic rings. The molecule has 0 heterocycles. The molecule has 13 heavy (non-hydrogen) atoms. The van der Waals surface area contributed by atoms with Gasteiger partial charge < -0.3 is 0 Å². The molecule has 1 atom stereocenters. The van der Waals surface area contributed by atoms with E-state index in [9.17, 15) is 4.79 Å². The molecule has 0 amide bonds. The van der Waals surface area contributed by atoms with Crippen molar-refractivity contribution in [2.75, 3.05) is 0 Å². The third-order valence-corrected chi connectivity index (χ3v) is 3.56. The molecule has 2 heteroatoms. The fourth-order valence-corrected chi connectivity index (χ4v) is 2.50. The number of carbonyl (C=O) groups excluding carboxylic acids is 1. The van der Waals surface area contributed by atoms with E-state index in [1.807, 2.05) is 6.08 Å². The SMILES string of the molecule is O=C1C=CC2(CCCC=C2Cl)CC1. The Morgan fingerprint density at radius 2 is 2.23 bits per heavy atom. The van der Waals surface area contributed by atoms with Gasteiger partial charge in [0.15, 0.2) is 5.78 Å². The van der Waals surface area contributed by atoms with Gasteiger partial charge in [-0.25, -0.2) is 0 Å². The Hall–Kier alpha value is -0.560. The molecule has 2 aliphatic carbocycles. The largest absolute Gasteiger partial charge is 0.295 e. The summed E-state index contributed by atoms with van der Waals surface area (Å²) >= 11 is 6.20. The smallest absolute Gasteiger partial charge is 0.155 e. The lowest BCUT2D eigenvalue weighted by molar-refractivity contribution is -0.115. The van der Waals surface area contributed by atoms with Crippen molar-refractivity contribution in [1.82, 2.24) is 0 Å². The van der Waals surface area contributed by atoms with Crippen molar-refractivity contribution in [3.8, 4) is 0 Å². The number of hydrogen-bond acceptors (Lipinski definition) is 1. The van der Waals surface area contributed by atoms with E-state index in [0.717, 1.165) is 24.3 Å². The maximum Gasteiger partial charge on any atom is 0.155 e. The van der Waals surface area contributed by atoms with Crippen molar-refractivity contribution in [2.45, 2.75) is 32.1 Å². The topological polar surface area (TPSA) is 17.1 Å². The lowest BCUT2D eigenvalue weighted by Crippen LogP contribution is -2.25. The molecule has 0 bridgehead atoms. The minimum absolute atomic E-state index is 0.0215. The Bertz CT molecular complexity index is 290. The lowest BCUT2D eigenvalue weighted by Gasteiger charge is -2.35. The van der Waals surface area contributed by atoms with Crippen molar-refractivity contribution >= 4 is 17.4 Å². The minimum atomic E-state index is 0.0215. The highest BCUT2D eigenvalue weighted by atomic mass is 35.5. The molecule has 0 fully saturated rings. The van der Waals surface area contributed by atoms with Crippen LogP contribution in [-0.4, -0.2) is 5.78 Å². The molecule has 1 spiro atoms. The van der Waals surface area contributed by atoms with Gasteiger partial charge in [-0.05, 0) is 31.8 Å². The molecule has 70 valence electrons. The van der Waals surface area contributed by atoms with Crippen LogP contribution >= 0.6 is 11.6 Å². The molecule has 0 aromatic heterocycles. The van der Waals surface area contributed by atoms with Crippen LogP contribution < -0.4 is 0 Å². The Morgan fingerprint density at radius 3 is 2.85 bits per heavy atom. The van der Waals surface area contributed by atoms with E-state index in [2.05, 4.69) is 6.08 Å². The second kappa shape index (κ2) is 3.30. The zero-order valence-electron chi connectivity index (χ0n) is 7.55. The first-order chi connectivity index (χ1) is 6.23. The maximum absolute atomic E-state index is 11.0. The summed E-state index contributed by atoms with van der Waals surface area (Å²) in [5.74, 6) is 0.237. The Kier molecular flexibility index (Phi) is 2.29. The molecule has 1 nitrogen and oxygen atoms in total. The fourth-order valence-electron chi connectivity index (χ4n) is 2.14. The van der Waals surface area contributed by atoms with Gasteiger partial charge in [-0.2, -0.15) is 0 Å². The highest BCUT2D eigenvalue weighted by Crippen LogP contribution is 2.46. The Balaban J connectivity index is 2.29. The van der Waals surface area contributed by atoms with E-state index in [-0.39, 0.29) is 11.2 Å². The molecule has 0 aliphatic heterocycles. The van der Waals surface area contributed by atoms with Crippen molar-refractivity contribution in [3.63, 3.8) is 0 Å². The average molecular weight is 197 g/mol. The first-order valence-corrected chi connectivity index (χ1v) is 5.19. The van der Waals surface area contributed by atoms with Crippen LogP contribution in [0.1, 0.15) is 32.1 Å². The highest BCUT2D eigenvalue weighted by molar-refractivity contribution is 6.30. The van der Waals surface area contributed by atoms with E-state index in [4.69, 9.17) is 11.6 Å². The van der Waals surface area contributed by atoms with Crippen LogP contribution in [0.15, 0.2) is 23.3 Å². The van der Waals surface area contributed by atoms with Gasteiger partial charge in [0, 0.05) is 16.9 Å². The number of ketones is 1. The Labute approximate surface area is 83.5 Å². The monoisotopic (exact) mass is 196 g/mol. The quantitative estimate of drug-likeness (QED) is 0.582. The van der Waals surface area contributed by atoms with Crippen LogP contribution in [0, 0.1) is 5.41 Å². The molecular formula is C11H13ClO. The van der Waals surface area contributed by atoms with Gasteiger partial charge in [-0.1, -0.05) is 23.8 Å². The van der Waals surface area contributed by atoms with Gasteiger partial charge in [0.2, 0.25) is 0 Å². The van der Waals surface area contributed by atoms with Crippen LogP contribution in [0.25, 0.3) is 0 Å². The van der Waals surface area contributed by atoms with E-state index < -0.39 is 0 Å². The van der Waals surface area contributed by atoms with E-state index in [1.54, 1.807) is 6.08 Å². The van der Waals surface area contributed by atoms with Crippen molar-refractivity contribution in [2.24, 2.45) is 5.41 Å². The van der Waals surface area contributed by atoms with Crippen LogP contribution in [-0.2, 0) is 4.79 Å². The summed E-state index contributed by atoms with van der Waals surface area (Å²) in [6.45, 7) is 0. The van der Waals surface area contributed by atoms with Gasteiger partial charge in [-0.15, -0.1) is 0 Å². The summed E-state index contributed by atoms with van der Waals surface area (Å²) in [7, 11) is 0. The van der Waals surface area contributed by atoms with Crippen molar-refractivity contribution in [1.29, 1.82) is 0 Å².